The van der Waals surface area contributed by atoms with E-state index >= 15 is 0 Å². The lowest BCUT2D eigenvalue weighted by Gasteiger charge is -1.97. The number of nitrogens with zero attached hydrogens (tertiary/aromatic N) is 3. The molecule has 0 unspecified atom stereocenters. The van der Waals surface area contributed by atoms with Gasteiger partial charge < -0.3 is 4.74 Å². The maximum absolute atomic E-state index is 5.11. The van der Waals surface area contributed by atoms with Gasteiger partial charge in [-0.05, 0) is 0 Å². The Morgan fingerprint density at radius 2 is 2.00 bits per heavy atom. The molecule has 0 aliphatic carbocycles. The second-order valence-corrected chi connectivity index (χ2v) is 3.69. The van der Waals surface area contributed by atoms with E-state index < -0.39 is 0 Å². The van der Waals surface area contributed by atoms with E-state index in [0.29, 0.717) is 5.75 Å². The molecule has 4 nitrogen and oxygen atoms in total. The highest BCUT2D eigenvalue weighted by Crippen LogP contribution is 2.19. The van der Waals surface area contributed by atoms with Crippen LogP contribution in [0.2, 0.25) is 0 Å². The van der Waals surface area contributed by atoms with Crippen molar-refractivity contribution in [3.05, 3.63) is 48.8 Å². The van der Waals surface area contributed by atoms with Gasteiger partial charge in [0.05, 0.1) is 25.2 Å². The lowest BCUT2D eigenvalue weighted by atomic mass is 10.2. The molecule has 3 rings (SSSR count). The van der Waals surface area contributed by atoms with Gasteiger partial charge in [-0.3, -0.25) is 0 Å². The highest BCUT2D eigenvalue weighted by Gasteiger charge is 2.05. The van der Waals surface area contributed by atoms with Crippen LogP contribution in [0.4, 0.5) is 0 Å². The van der Waals surface area contributed by atoms with Crippen molar-refractivity contribution >= 4 is 5.65 Å². The van der Waals surface area contributed by atoms with Gasteiger partial charge in [-0.15, -0.1) is 0 Å². The van der Waals surface area contributed by atoms with Gasteiger partial charge in [0.1, 0.15) is 0 Å². The summed E-state index contributed by atoms with van der Waals surface area (Å²) in [5, 5.41) is 4.47. The normalized spacial score (nSPS) is 10.6. The molecule has 0 fully saturated rings. The van der Waals surface area contributed by atoms with E-state index in [4.69, 9.17) is 4.74 Å². The number of methoxy groups -OCH3 is 1. The van der Waals surface area contributed by atoms with Crippen molar-refractivity contribution in [3.63, 3.8) is 0 Å². The Kier molecular flexibility index (Phi) is 2.26. The van der Waals surface area contributed by atoms with E-state index in [-0.39, 0.29) is 0 Å². The van der Waals surface area contributed by atoms with Gasteiger partial charge in [0.15, 0.2) is 11.4 Å². The summed E-state index contributed by atoms with van der Waals surface area (Å²) in [6, 6.07) is 12.0. The van der Waals surface area contributed by atoms with Crippen LogP contribution < -0.4 is 4.74 Å². The summed E-state index contributed by atoms with van der Waals surface area (Å²) in [5.74, 6) is 0.695. The van der Waals surface area contributed by atoms with Crippen molar-refractivity contribution in [2.24, 2.45) is 0 Å². The zero-order valence-electron chi connectivity index (χ0n) is 9.37. The van der Waals surface area contributed by atoms with E-state index in [1.54, 1.807) is 17.8 Å². The first-order valence-electron chi connectivity index (χ1n) is 5.31. The summed E-state index contributed by atoms with van der Waals surface area (Å²) in [6.07, 6.45) is 3.50. The van der Waals surface area contributed by atoms with Gasteiger partial charge in [0, 0.05) is 11.6 Å². The number of rotatable bonds is 2. The molecule has 0 bridgehead atoms. The lowest BCUT2D eigenvalue weighted by molar-refractivity contribution is 0.409. The van der Waals surface area contributed by atoms with Crippen molar-refractivity contribution in [1.82, 2.24) is 14.6 Å². The maximum atomic E-state index is 5.11. The molecular weight excluding hydrogens is 214 g/mol. The average molecular weight is 225 g/mol. The van der Waals surface area contributed by atoms with Crippen molar-refractivity contribution in [1.29, 1.82) is 0 Å². The number of ether oxygens (including phenoxy) is 1. The monoisotopic (exact) mass is 225 g/mol. The van der Waals surface area contributed by atoms with Crippen LogP contribution in [0.15, 0.2) is 48.8 Å². The summed E-state index contributed by atoms with van der Waals surface area (Å²) in [4.78, 5) is 4.27. The van der Waals surface area contributed by atoms with Crippen molar-refractivity contribution in [2.45, 2.75) is 0 Å². The molecule has 2 heterocycles. The topological polar surface area (TPSA) is 39.4 Å². The minimum atomic E-state index is 0.695. The van der Waals surface area contributed by atoms with Gasteiger partial charge in [-0.1, -0.05) is 30.3 Å². The third kappa shape index (κ3) is 1.73. The Labute approximate surface area is 98.5 Å². The van der Waals surface area contributed by atoms with Gasteiger partial charge in [0.25, 0.3) is 0 Å². The smallest absolute Gasteiger partial charge is 0.155 e. The van der Waals surface area contributed by atoms with Gasteiger partial charge in [-0.2, -0.15) is 5.10 Å². The number of fused-ring (bicyclic) bond motifs is 1. The SMILES string of the molecule is COc1cnc2cc(-c3ccccc3)nn2c1. The summed E-state index contributed by atoms with van der Waals surface area (Å²) < 4.78 is 6.84. The van der Waals surface area contributed by atoms with Crippen LogP contribution in [-0.2, 0) is 0 Å². The molecule has 84 valence electrons. The summed E-state index contributed by atoms with van der Waals surface area (Å²) in [7, 11) is 1.62. The minimum Gasteiger partial charge on any atom is -0.494 e. The first-order valence-corrected chi connectivity index (χ1v) is 5.31. The Morgan fingerprint density at radius 3 is 2.76 bits per heavy atom. The molecule has 0 spiro atoms. The molecular formula is C13H11N3O. The molecule has 0 aliphatic rings. The van der Waals surface area contributed by atoms with Crippen LogP contribution in [0.25, 0.3) is 16.9 Å². The van der Waals surface area contributed by atoms with Gasteiger partial charge >= 0.3 is 0 Å². The third-order valence-corrected chi connectivity index (χ3v) is 2.59. The predicted octanol–water partition coefficient (Wildman–Crippen LogP) is 2.40. The average Bonchev–Trinajstić information content (AvgIpc) is 2.82. The van der Waals surface area contributed by atoms with Crippen LogP contribution in [-0.4, -0.2) is 21.7 Å². The van der Waals surface area contributed by atoms with Gasteiger partial charge in [0.2, 0.25) is 0 Å². The van der Waals surface area contributed by atoms with Crippen LogP contribution in [0, 0.1) is 0 Å². The van der Waals surface area contributed by atoms with E-state index in [9.17, 15) is 0 Å². The highest BCUT2D eigenvalue weighted by atomic mass is 16.5. The summed E-state index contributed by atoms with van der Waals surface area (Å²) in [5.41, 5.74) is 2.80. The standard InChI is InChI=1S/C13H11N3O/c1-17-11-8-14-13-7-12(15-16(13)9-11)10-5-3-2-4-6-10/h2-9H,1H3. The molecule has 17 heavy (non-hydrogen) atoms. The van der Waals surface area contributed by atoms with Crippen molar-refractivity contribution < 1.29 is 4.74 Å². The third-order valence-electron chi connectivity index (χ3n) is 2.59. The Bertz CT molecular complexity index is 646. The van der Waals surface area contributed by atoms with E-state index in [1.807, 2.05) is 42.6 Å². The van der Waals surface area contributed by atoms with E-state index in [2.05, 4.69) is 10.1 Å². The number of hydrogen-bond donors (Lipinski definition) is 0. The van der Waals surface area contributed by atoms with Crippen LogP contribution >= 0.6 is 0 Å². The van der Waals surface area contributed by atoms with Gasteiger partial charge in [-0.25, -0.2) is 9.50 Å². The molecule has 4 heteroatoms. The Morgan fingerprint density at radius 1 is 1.18 bits per heavy atom. The Balaban J connectivity index is 2.14. The first-order chi connectivity index (χ1) is 8.36. The summed E-state index contributed by atoms with van der Waals surface area (Å²) in [6.45, 7) is 0. The first kappa shape index (κ1) is 9.84. The number of aromatic nitrogens is 3. The maximum Gasteiger partial charge on any atom is 0.155 e. The quantitative estimate of drug-likeness (QED) is 0.672. The van der Waals surface area contributed by atoms with Crippen LogP contribution in [0.1, 0.15) is 0 Å². The largest absolute Gasteiger partial charge is 0.494 e. The zero-order valence-corrected chi connectivity index (χ0v) is 9.37. The van der Waals surface area contributed by atoms with E-state index in [1.165, 1.54) is 0 Å². The second-order valence-electron chi connectivity index (χ2n) is 3.69. The number of hydrogen-bond acceptors (Lipinski definition) is 3. The lowest BCUT2D eigenvalue weighted by Crippen LogP contribution is -1.92. The van der Waals surface area contributed by atoms with Crippen LogP contribution in [0.3, 0.4) is 0 Å². The zero-order chi connectivity index (χ0) is 11.7. The predicted molar refractivity (Wildman–Crippen MR) is 65.0 cm³/mol. The molecule has 0 radical (unpaired) electrons. The second kappa shape index (κ2) is 3.90. The molecule has 2 aromatic heterocycles. The molecule has 0 atom stereocenters. The molecule has 0 saturated heterocycles. The molecule has 0 aliphatic heterocycles. The fourth-order valence-electron chi connectivity index (χ4n) is 1.72. The minimum absolute atomic E-state index is 0.695. The molecule has 3 aromatic rings. The molecule has 1 aromatic carbocycles. The van der Waals surface area contributed by atoms with E-state index in [0.717, 1.165) is 16.9 Å². The fourth-order valence-corrected chi connectivity index (χ4v) is 1.72. The number of benzene rings is 1. The highest BCUT2D eigenvalue weighted by molar-refractivity contribution is 5.63. The molecule has 0 N–H and O–H groups in total. The van der Waals surface area contributed by atoms with Crippen molar-refractivity contribution in [2.75, 3.05) is 7.11 Å². The molecule has 0 saturated carbocycles. The fraction of sp³-hybridized carbons (Fsp3) is 0.0769. The van der Waals surface area contributed by atoms with Crippen LogP contribution in [0.5, 0.6) is 5.75 Å². The van der Waals surface area contributed by atoms with Crippen molar-refractivity contribution in [3.8, 4) is 17.0 Å². The Hall–Kier alpha value is -2.36. The molecule has 0 amide bonds. The summed E-state index contributed by atoms with van der Waals surface area (Å²) >= 11 is 0.